The number of ether oxygens (including phenoxy) is 1. The van der Waals surface area contributed by atoms with Crippen LogP contribution in [0.15, 0.2) is 18.3 Å². The zero-order valence-corrected chi connectivity index (χ0v) is 13.9. The molecule has 124 valence electrons. The fraction of sp³-hybridized carbons (Fsp3) is 0.667. The monoisotopic (exact) mass is 314 g/mol. The molecular formula is C18H26N4O. The first kappa shape index (κ1) is 15.1. The summed E-state index contributed by atoms with van der Waals surface area (Å²) in [6.07, 6.45) is 8.00. The predicted molar refractivity (Wildman–Crippen MR) is 90.4 cm³/mol. The average molecular weight is 314 g/mol. The fourth-order valence-corrected chi connectivity index (χ4v) is 3.86. The number of imidazole rings is 1. The molecule has 2 aliphatic rings. The lowest BCUT2D eigenvalue weighted by Crippen LogP contribution is -2.32. The van der Waals surface area contributed by atoms with E-state index in [0.717, 1.165) is 48.9 Å². The molecule has 0 spiro atoms. The van der Waals surface area contributed by atoms with Gasteiger partial charge in [0.15, 0.2) is 5.65 Å². The molecule has 0 saturated carbocycles. The van der Waals surface area contributed by atoms with Gasteiger partial charge in [0.1, 0.15) is 11.3 Å². The molecule has 2 aliphatic heterocycles. The Morgan fingerprint density at radius 1 is 1.26 bits per heavy atom. The van der Waals surface area contributed by atoms with Gasteiger partial charge in [0.25, 0.3) is 0 Å². The van der Waals surface area contributed by atoms with Crippen molar-refractivity contribution in [1.29, 1.82) is 0 Å². The van der Waals surface area contributed by atoms with Gasteiger partial charge < -0.3 is 14.2 Å². The smallest absolute Gasteiger partial charge is 0.159 e. The number of nitrogens with zero attached hydrogens (tertiary/aromatic N) is 4. The van der Waals surface area contributed by atoms with Crippen molar-refractivity contribution in [3.05, 3.63) is 24.2 Å². The Bertz CT molecular complexity index is 654. The first-order chi connectivity index (χ1) is 11.3. The minimum atomic E-state index is 0.336. The second-order valence-corrected chi connectivity index (χ2v) is 7.07. The average Bonchev–Trinajstić information content (AvgIpc) is 3.19. The molecule has 0 bridgehead atoms. The Kier molecular flexibility index (Phi) is 4.31. The largest absolute Gasteiger partial charge is 0.378 e. The van der Waals surface area contributed by atoms with E-state index in [1.807, 2.05) is 12.3 Å². The van der Waals surface area contributed by atoms with Gasteiger partial charge in [0.2, 0.25) is 0 Å². The highest BCUT2D eigenvalue weighted by atomic mass is 16.5. The molecule has 0 N–H and O–H groups in total. The highest BCUT2D eigenvalue weighted by Gasteiger charge is 2.23. The molecule has 4 rings (SSSR count). The summed E-state index contributed by atoms with van der Waals surface area (Å²) in [5.41, 5.74) is 2.06. The summed E-state index contributed by atoms with van der Waals surface area (Å²) in [5.74, 6) is 1.89. The van der Waals surface area contributed by atoms with Gasteiger partial charge in [-0.3, -0.25) is 0 Å². The zero-order valence-electron chi connectivity index (χ0n) is 13.9. The lowest BCUT2D eigenvalue weighted by Gasteiger charge is -2.29. The van der Waals surface area contributed by atoms with Crippen LogP contribution < -0.4 is 0 Å². The summed E-state index contributed by atoms with van der Waals surface area (Å²) >= 11 is 0. The van der Waals surface area contributed by atoms with Crippen LogP contribution in [0.25, 0.3) is 11.2 Å². The molecule has 0 amide bonds. The Balaban J connectivity index is 1.59. The van der Waals surface area contributed by atoms with Gasteiger partial charge in [0, 0.05) is 25.8 Å². The molecule has 0 radical (unpaired) electrons. The quantitative estimate of drug-likeness (QED) is 0.869. The number of hydrogen-bond donors (Lipinski definition) is 0. The number of piperidine rings is 1. The van der Waals surface area contributed by atoms with E-state index in [1.165, 1.54) is 32.4 Å². The van der Waals surface area contributed by atoms with Crippen LogP contribution in [0.5, 0.6) is 0 Å². The van der Waals surface area contributed by atoms with Gasteiger partial charge in [-0.1, -0.05) is 0 Å². The van der Waals surface area contributed by atoms with E-state index >= 15 is 0 Å². The molecule has 2 fully saturated rings. The predicted octanol–water partition coefficient (Wildman–Crippen LogP) is 2.49. The molecule has 0 aromatic carbocycles. The SMILES string of the molecule is CN1CCC(Cn2c(CC3CCCO3)nc3cccnc32)CC1. The molecule has 23 heavy (non-hydrogen) atoms. The van der Waals surface area contributed by atoms with Gasteiger partial charge in [-0.25, -0.2) is 9.97 Å². The van der Waals surface area contributed by atoms with Crippen LogP contribution in [0.4, 0.5) is 0 Å². The Labute approximate surface area is 137 Å². The van der Waals surface area contributed by atoms with Gasteiger partial charge in [-0.05, 0) is 63.9 Å². The van der Waals surface area contributed by atoms with E-state index in [1.54, 1.807) is 0 Å². The molecule has 1 atom stereocenters. The Morgan fingerprint density at radius 2 is 2.13 bits per heavy atom. The molecule has 2 aromatic rings. The summed E-state index contributed by atoms with van der Waals surface area (Å²) < 4.78 is 8.20. The number of aromatic nitrogens is 3. The highest BCUT2D eigenvalue weighted by Crippen LogP contribution is 2.24. The lowest BCUT2D eigenvalue weighted by atomic mass is 9.97. The van der Waals surface area contributed by atoms with Crippen LogP contribution >= 0.6 is 0 Å². The molecule has 5 nitrogen and oxygen atoms in total. The van der Waals surface area contributed by atoms with Gasteiger partial charge in [-0.2, -0.15) is 0 Å². The second-order valence-electron chi connectivity index (χ2n) is 7.07. The Morgan fingerprint density at radius 3 is 2.91 bits per heavy atom. The summed E-state index contributed by atoms with van der Waals surface area (Å²) in [6.45, 7) is 4.35. The molecule has 2 saturated heterocycles. The van der Waals surface area contributed by atoms with Crippen molar-refractivity contribution in [2.45, 2.75) is 44.8 Å². The van der Waals surface area contributed by atoms with Crippen LogP contribution in [-0.4, -0.2) is 52.3 Å². The summed E-state index contributed by atoms with van der Waals surface area (Å²) in [7, 11) is 2.22. The van der Waals surface area contributed by atoms with Crippen LogP contribution in [0.1, 0.15) is 31.5 Å². The van der Waals surface area contributed by atoms with Crippen LogP contribution in [0.3, 0.4) is 0 Å². The van der Waals surface area contributed by atoms with E-state index < -0.39 is 0 Å². The van der Waals surface area contributed by atoms with E-state index in [-0.39, 0.29) is 0 Å². The van der Waals surface area contributed by atoms with Crippen molar-refractivity contribution < 1.29 is 4.74 Å². The standard InChI is InChI=1S/C18H26N4O/c1-21-9-6-14(7-10-21)13-22-17(12-15-4-3-11-23-15)20-16-5-2-8-19-18(16)22/h2,5,8,14-15H,3-4,6-7,9-13H2,1H3. The first-order valence-electron chi connectivity index (χ1n) is 8.90. The van der Waals surface area contributed by atoms with Crippen molar-refractivity contribution >= 4 is 11.2 Å². The van der Waals surface area contributed by atoms with E-state index in [2.05, 4.69) is 27.6 Å². The molecule has 5 heteroatoms. The lowest BCUT2D eigenvalue weighted by molar-refractivity contribution is 0.108. The van der Waals surface area contributed by atoms with Crippen molar-refractivity contribution in [3.8, 4) is 0 Å². The van der Waals surface area contributed by atoms with Crippen LogP contribution in [-0.2, 0) is 17.7 Å². The number of pyridine rings is 1. The molecule has 1 unspecified atom stereocenters. The fourth-order valence-electron chi connectivity index (χ4n) is 3.86. The molecular weight excluding hydrogens is 288 g/mol. The van der Waals surface area contributed by atoms with Crippen molar-refractivity contribution in [2.24, 2.45) is 5.92 Å². The molecule has 0 aliphatic carbocycles. The van der Waals surface area contributed by atoms with Crippen molar-refractivity contribution in [3.63, 3.8) is 0 Å². The van der Waals surface area contributed by atoms with Crippen LogP contribution in [0.2, 0.25) is 0 Å². The zero-order chi connectivity index (χ0) is 15.6. The number of fused-ring (bicyclic) bond motifs is 1. The first-order valence-corrected chi connectivity index (χ1v) is 8.90. The maximum absolute atomic E-state index is 5.83. The third-order valence-corrected chi connectivity index (χ3v) is 5.30. The van der Waals surface area contributed by atoms with Crippen molar-refractivity contribution in [2.75, 3.05) is 26.7 Å². The maximum Gasteiger partial charge on any atom is 0.159 e. The summed E-state index contributed by atoms with van der Waals surface area (Å²) in [6, 6.07) is 4.05. The normalized spacial score (nSPS) is 23.8. The topological polar surface area (TPSA) is 43.2 Å². The third kappa shape index (κ3) is 3.26. The molecule has 2 aromatic heterocycles. The van der Waals surface area contributed by atoms with Gasteiger partial charge in [-0.15, -0.1) is 0 Å². The summed E-state index contributed by atoms with van der Waals surface area (Å²) in [5, 5.41) is 0. The van der Waals surface area contributed by atoms with Gasteiger partial charge in [0.05, 0.1) is 6.10 Å². The van der Waals surface area contributed by atoms with Gasteiger partial charge >= 0.3 is 0 Å². The highest BCUT2D eigenvalue weighted by molar-refractivity contribution is 5.71. The number of rotatable bonds is 4. The summed E-state index contributed by atoms with van der Waals surface area (Å²) in [4.78, 5) is 11.9. The van der Waals surface area contributed by atoms with E-state index in [9.17, 15) is 0 Å². The maximum atomic E-state index is 5.83. The minimum absolute atomic E-state index is 0.336. The number of likely N-dealkylation sites (tertiary alicyclic amines) is 1. The van der Waals surface area contributed by atoms with E-state index in [4.69, 9.17) is 9.72 Å². The minimum Gasteiger partial charge on any atom is -0.378 e. The van der Waals surface area contributed by atoms with Crippen LogP contribution in [0, 0.1) is 5.92 Å². The van der Waals surface area contributed by atoms with Crippen molar-refractivity contribution in [1.82, 2.24) is 19.4 Å². The molecule has 4 heterocycles. The second kappa shape index (κ2) is 6.57. The number of hydrogen-bond acceptors (Lipinski definition) is 4. The third-order valence-electron chi connectivity index (χ3n) is 5.30. The van der Waals surface area contributed by atoms with E-state index in [0.29, 0.717) is 6.10 Å². The Hall–Kier alpha value is -1.46.